The fourth-order valence-corrected chi connectivity index (χ4v) is 13.1. The van der Waals surface area contributed by atoms with Crippen LogP contribution in [0.2, 0.25) is 0 Å². The van der Waals surface area contributed by atoms with Crippen molar-refractivity contribution >= 4 is 18.8 Å². The zero-order chi connectivity index (χ0) is 39.7. The number of hydrogen-bond donors (Lipinski definition) is 3. The Kier molecular flexibility index (Phi) is 14.7. The summed E-state index contributed by atoms with van der Waals surface area (Å²) in [6.07, 6.45) is 22.9. The van der Waals surface area contributed by atoms with Gasteiger partial charge in [0.25, 0.3) is 12.4 Å². The summed E-state index contributed by atoms with van der Waals surface area (Å²) < 4.78 is 14.9. The summed E-state index contributed by atoms with van der Waals surface area (Å²) in [5, 5.41) is 9.77. The predicted molar refractivity (Wildman–Crippen MR) is 215 cm³/mol. The first-order valence-corrected chi connectivity index (χ1v) is 20.5. The fraction of sp³-hybridized carbons (Fsp3) is 0.652. The number of carbonyl (C=O) groups excluding carboxylic acids is 2. The number of nitrogens with one attached hydrogen (secondary N) is 1. The van der Waals surface area contributed by atoms with E-state index in [4.69, 9.17) is 14.7 Å². The molecule has 8 heteroatoms. The van der Waals surface area contributed by atoms with E-state index in [1.54, 1.807) is 12.3 Å². The van der Waals surface area contributed by atoms with E-state index >= 15 is 0 Å². The molecular formula is C46H68FN3O4. The second-order valence-electron chi connectivity index (χ2n) is 18.2. The maximum atomic E-state index is 14.9. The second kappa shape index (κ2) is 18.4. The third-order valence-corrected chi connectivity index (χ3v) is 15.0. The molecule has 8 atom stereocenters. The van der Waals surface area contributed by atoms with E-state index in [1.807, 2.05) is 38.1 Å². The molecule has 5 aliphatic rings. The minimum absolute atomic E-state index is 0.157. The van der Waals surface area contributed by atoms with E-state index in [0.29, 0.717) is 28.2 Å². The number of benzene rings is 1. The van der Waals surface area contributed by atoms with E-state index in [2.05, 4.69) is 50.3 Å². The van der Waals surface area contributed by atoms with Crippen LogP contribution in [0, 0.1) is 64.0 Å². The number of hydrogen-bond acceptors (Lipinski definition) is 4. The monoisotopic (exact) mass is 746 g/mol. The van der Waals surface area contributed by atoms with Gasteiger partial charge in [0, 0.05) is 6.20 Å². The van der Waals surface area contributed by atoms with E-state index in [0.717, 1.165) is 52.8 Å². The predicted octanol–water partition coefficient (Wildman–Crippen LogP) is 10.2. The Labute approximate surface area is 324 Å². The summed E-state index contributed by atoms with van der Waals surface area (Å²) in [4.78, 5) is 34.3. The average Bonchev–Trinajstić information content (AvgIpc) is 3.56. The van der Waals surface area contributed by atoms with Crippen LogP contribution < -0.4 is 11.1 Å². The highest BCUT2D eigenvalue weighted by Crippen LogP contribution is 2.73. The number of aromatic nitrogens is 1. The number of primary amides is 1. The Morgan fingerprint density at radius 3 is 2.31 bits per heavy atom. The molecule has 0 aliphatic heterocycles. The first-order valence-electron chi connectivity index (χ1n) is 20.5. The molecule has 1 aromatic heterocycles. The van der Waals surface area contributed by atoms with Crippen molar-refractivity contribution in [2.75, 3.05) is 0 Å². The van der Waals surface area contributed by atoms with Gasteiger partial charge in [0.05, 0.1) is 17.8 Å². The molecule has 1 heterocycles. The SMILES string of the molecule is C=CC.Cc1ccc(CNC(=O)c2cc(CCC34CCCC3C3CCC5C(C)(CCC6C(C)(C)CCCC65C)C3CC4)ccc2F)nc1.NC=O.O=CO. The van der Waals surface area contributed by atoms with Crippen molar-refractivity contribution in [2.24, 2.45) is 57.0 Å². The second-order valence-corrected chi connectivity index (χ2v) is 18.2. The van der Waals surface area contributed by atoms with Crippen molar-refractivity contribution in [3.63, 3.8) is 0 Å². The van der Waals surface area contributed by atoms with Crippen LogP contribution in [0.1, 0.15) is 145 Å². The van der Waals surface area contributed by atoms with E-state index in [-0.39, 0.29) is 24.4 Å². The van der Waals surface area contributed by atoms with E-state index < -0.39 is 5.82 Å². The van der Waals surface area contributed by atoms with Crippen LogP contribution in [-0.2, 0) is 22.6 Å². The van der Waals surface area contributed by atoms with Crippen molar-refractivity contribution in [2.45, 2.75) is 138 Å². The van der Waals surface area contributed by atoms with Crippen LogP contribution in [0.3, 0.4) is 0 Å². The third kappa shape index (κ3) is 8.94. The zero-order valence-electron chi connectivity index (χ0n) is 34.0. The topological polar surface area (TPSA) is 122 Å². The van der Waals surface area contributed by atoms with Crippen LogP contribution in [-0.4, -0.2) is 28.9 Å². The quantitative estimate of drug-likeness (QED) is 0.201. The molecule has 5 saturated carbocycles. The Bertz CT molecular complexity index is 1560. The number of carboxylic acid groups (broad SMARTS) is 1. The molecule has 0 radical (unpaired) electrons. The van der Waals surface area contributed by atoms with Gasteiger partial charge < -0.3 is 16.2 Å². The van der Waals surface area contributed by atoms with Gasteiger partial charge in [-0.1, -0.05) is 58.7 Å². The van der Waals surface area contributed by atoms with Crippen LogP contribution in [0.15, 0.2) is 49.2 Å². The molecule has 0 bridgehead atoms. The van der Waals surface area contributed by atoms with Crippen molar-refractivity contribution in [3.8, 4) is 0 Å². The smallest absolute Gasteiger partial charge is 0.290 e. The highest BCUT2D eigenvalue weighted by molar-refractivity contribution is 5.94. The van der Waals surface area contributed by atoms with Gasteiger partial charge in [0.2, 0.25) is 6.41 Å². The third-order valence-electron chi connectivity index (χ3n) is 15.0. The molecule has 7 nitrogen and oxygen atoms in total. The first-order chi connectivity index (χ1) is 25.7. The Morgan fingerprint density at radius 1 is 0.944 bits per heavy atom. The minimum Gasteiger partial charge on any atom is -0.483 e. The van der Waals surface area contributed by atoms with Crippen molar-refractivity contribution in [3.05, 3.63) is 77.4 Å². The average molecular weight is 746 g/mol. The Balaban J connectivity index is 0.000000659. The molecule has 2 amide bonds. The number of pyridine rings is 1. The van der Waals surface area contributed by atoms with Gasteiger partial charge >= 0.3 is 0 Å². The summed E-state index contributed by atoms with van der Waals surface area (Å²) in [5.41, 5.74) is 9.22. The number of aryl methyl sites for hydroxylation is 2. The largest absolute Gasteiger partial charge is 0.483 e. The summed E-state index contributed by atoms with van der Waals surface area (Å²) in [6.45, 7) is 17.9. The standard InChI is InChI=1S/C41H57FN2O.C3H6.CH3NO.CH2O2/c1-27-9-11-29(43-25-27)26-44-37(45)31-24-28(10-13-34(31)42)15-22-41-20-6-8-33(41)30-12-14-36-39(4,32(30)16-23-41)21-17-35-38(2,3)18-7-19-40(35,36)5;1-3-2;2*2-1-3/h9-11,13,24-25,30,32-33,35-36H,6-8,12,14-23,26H2,1-5H3,(H,44,45);3H,1H2,2H3;1H,(H2,2,3);1H,(H,2,3). The van der Waals surface area contributed by atoms with Crippen LogP contribution in [0.4, 0.5) is 4.39 Å². The number of fused-ring (bicyclic) bond motifs is 7. The van der Waals surface area contributed by atoms with Crippen molar-refractivity contribution in [1.82, 2.24) is 10.3 Å². The molecule has 0 saturated heterocycles. The first kappa shape index (κ1) is 43.2. The zero-order valence-corrected chi connectivity index (χ0v) is 34.0. The number of amides is 2. The normalized spacial score (nSPS) is 32.7. The lowest BCUT2D eigenvalue weighted by atomic mass is 9.36. The number of nitrogens with two attached hydrogens (primary N) is 1. The number of rotatable bonds is 6. The summed E-state index contributed by atoms with van der Waals surface area (Å²) in [5.74, 6) is 3.59. The fourth-order valence-electron chi connectivity index (χ4n) is 13.1. The number of nitrogens with zero attached hydrogens (tertiary/aromatic N) is 1. The molecule has 5 fully saturated rings. The van der Waals surface area contributed by atoms with Gasteiger partial charge in [0.15, 0.2) is 0 Å². The van der Waals surface area contributed by atoms with Gasteiger partial charge in [-0.2, -0.15) is 0 Å². The molecule has 0 spiro atoms. The van der Waals surface area contributed by atoms with Gasteiger partial charge in [0.1, 0.15) is 5.82 Å². The minimum atomic E-state index is -0.444. The lowest BCUT2D eigenvalue weighted by Gasteiger charge is -2.68. The summed E-state index contributed by atoms with van der Waals surface area (Å²) in [6, 6.07) is 9.12. The summed E-state index contributed by atoms with van der Waals surface area (Å²) >= 11 is 0. The van der Waals surface area contributed by atoms with Crippen molar-refractivity contribution < 1.29 is 23.9 Å². The van der Waals surface area contributed by atoms with Gasteiger partial charge in [-0.25, -0.2) is 4.39 Å². The lowest BCUT2D eigenvalue weighted by Crippen LogP contribution is -2.61. The Morgan fingerprint density at radius 2 is 1.65 bits per heavy atom. The molecule has 5 aliphatic carbocycles. The molecule has 7 rings (SSSR count). The molecule has 2 aromatic rings. The number of carbonyl (C=O) groups is 3. The van der Waals surface area contributed by atoms with E-state index in [9.17, 15) is 9.18 Å². The van der Waals surface area contributed by atoms with Crippen LogP contribution in [0.5, 0.6) is 0 Å². The maximum Gasteiger partial charge on any atom is 0.290 e. The van der Waals surface area contributed by atoms with Crippen LogP contribution in [0.25, 0.3) is 0 Å². The Hall–Kier alpha value is -3.55. The highest BCUT2D eigenvalue weighted by Gasteiger charge is 2.65. The number of halogens is 1. The summed E-state index contributed by atoms with van der Waals surface area (Å²) in [7, 11) is 0. The molecule has 54 heavy (non-hydrogen) atoms. The molecule has 298 valence electrons. The van der Waals surface area contributed by atoms with Gasteiger partial charge in [-0.15, -0.1) is 6.58 Å². The maximum absolute atomic E-state index is 14.9. The molecular weight excluding hydrogens is 678 g/mol. The highest BCUT2D eigenvalue weighted by atomic mass is 19.1. The molecule has 4 N–H and O–H groups in total. The molecule has 1 aromatic carbocycles. The lowest BCUT2D eigenvalue weighted by molar-refractivity contribution is -0.195. The molecule has 8 unspecified atom stereocenters. The van der Waals surface area contributed by atoms with E-state index in [1.165, 1.54) is 89.5 Å². The number of allylic oxidation sites excluding steroid dienone is 1. The van der Waals surface area contributed by atoms with Crippen LogP contribution >= 0.6 is 0 Å². The van der Waals surface area contributed by atoms with Gasteiger partial charge in [-0.3, -0.25) is 19.4 Å². The van der Waals surface area contributed by atoms with Crippen molar-refractivity contribution in [1.29, 1.82) is 0 Å². The van der Waals surface area contributed by atoms with Gasteiger partial charge in [-0.05, 0) is 171 Å².